The molecule has 0 radical (unpaired) electrons. The molecule has 0 amide bonds. The first-order valence-electron chi connectivity index (χ1n) is 8.67. The van der Waals surface area contributed by atoms with Crippen LogP contribution in [-0.2, 0) is 6.54 Å². The number of H-pyrrole nitrogens is 1. The molecule has 27 heavy (non-hydrogen) atoms. The highest BCUT2D eigenvalue weighted by atomic mass is 16.3. The Bertz CT molecular complexity index is 1070. The van der Waals surface area contributed by atoms with Gasteiger partial charge in [-0.3, -0.25) is 19.3 Å². The van der Waals surface area contributed by atoms with Gasteiger partial charge in [-0.2, -0.15) is 0 Å². The zero-order valence-corrected chi connectivity index (χ0v) is 15.2. The summed E-state index contributed by atoms with van der Waals surface area (Å²) >= 11 is 0. The lowest BCUT2D eigenvalue weighted by molar-refractivity contribution is 0.408. The second kappa shape index (κ2) is 7.86. The number of aliphatic imine (C=N–C) groups is 1. The molecule has 0 aliphatic carbocycles. The lowest BCUT2D eigenvalue weighted by Gasteiger charge is -2.13. The van der Waals surface area contributed by atoms with Gasteiger partial charge in [0, 0.05) is 0 Å². The van der Waals surface area contributed by atoms with Crippen LogP contribution in [0.15, 0.2) is 75.2 Å². The van der Waals surface area contributed by atoms with E-state index in [4.69, 9.17) is 0 Å². The van der Waals surface area contributed by atoms with Crippen molar-refractivity contribution in [1.82, 2.24) is 9.55 Å². The molecular weight excluding hydrogens is 342 g/mol. The molecule has 0 aliphatic rings. The van der Waals surface area contributed by atoms with Crippen molar-refractivity contribution in [1.29, 1.82) is 0 Å². The summed E-state index contributed by atoms with van der Waals surface area (Å²) in [6.45, 7) is 3.71. The van der Waals surface area contributed by atoms with E-state index in [0.29, 0.717) is 5.71 Å². The van der Waals surface area contributed by atoms with Gasteiger partial charge in [0.1, 0.15) is 5.56 Å². The van der Waals surface area contributed by atoms with Crippen LogP contribution in [0, 0.1) is 0 Å². The zero-order valence-electron chi connectivity index (χ0n) is 15.2. The summed E-state index contributed by atoms with van der Waals surface area (Å²) in [5, 5.41) is 10.6. The van der Waals surface area contributed by atoms with Crippen LogP contribution >= 0.6 is 0 Å². The molecular formula is C21H21N3O3. The molecule has 6 nitrogen and oxygen atoms in total. The first kappa shape index (κ1) is 18.4. The topological polar surface area (TPSA) is 87.4 Å². The van der Waals surface area contributed by atoms with Crippen LogP contribution in [0.5, 0.6) is 5.88 Å². The molecule has 6 heteroatoms. The lowest BCUT2D eigenvalue weighted by Crippen LogP contribution is -2.34. The molecule has 0 saturated carbocycles. The third-order valence-corrected chi connectivity index (χ3v) is 4.39. The molecule has 2 aromatic carbocycles. The molecule has 138 valence electrons. The van der Waals surface area contributed by atoms with Crippen molar-refractivity contribution in [3.05, 3.63) is 98.2 Å². The fourth-order valence-electron chi connectivity index (χ4n) is 2.96. The Kier molecular flexibility index (Phi) is 5.35. The number of nitrogens with one attached hydrogen (secondary N) is 1. The zero-order chi connectivity index (χ0) is 19.4. The number of hydrogen-bond donors (Lipinski definition) is 2. The SMILES string of the molecule is CC(=N[C@H](C)c1ccccc1)c1c(O)n(Cc2ccccc2)c(=O)[nH]c1=O. The van der Waals surface area contributed by atoms with Crippen molar-refractivity contribution in [3.8, 4) is 5.88 Å². The highest BCUT2D eigenvalue weighted by molar-refractivity contribution is 6.00. The van der Waals surface area contributed by atoms with Gasteiger partial charge < -0.3 is 5.11 Å². The fourth-order valence-corrected chi connectivity index (χ4v) is 2.96. The fraction of sp³-hybridized carbons (Fsp3) is 0.190. The van der Waals surface area contributed by atoms with Gasteiger partial charge in [-0.25, -0.2) is 4.79 Å². The van der Waals surface area contributed by atoms with E-state index in [-0.39, 0.29) is 24.0 Å². The minimum absolute atomic E-state index is 0.00770. The highest BCUT2D eigenvalue weighted by Gasteiger charge is 2.17. The summed E-state index contributed by atoms with van der Waals surface area (Å²) in [5.74, 6) is -0.380. The molecule has 0 aliphatic heterocycles. The Morgan fingerprint density at radius 2 is 1.67 bits per heavy atom. The molecule has 1 atom stereocenters. The van der Waals surface area contributed by atoms with Crippen LogP contribution in [0.2, 0.25) is 0 Å². The van der Waals surface area contributed by atoms with Crippen molar-refractivity contribution >= 4 is 5.71 Å². The number of aromatic nitrogens is 2. The largest absolute Gasteiger partial charge is 0.494 e. The summed E-state index contributed by atoms with van der Waals surface area (Å²) < 4.78 is 1.14. The molecule has 0 saturated heterocycles. The Morgan fingerprint density at radius 1 is 1.07 bits per heavy atom. The summed E-state index contributed by atoms with van der Waals surface area (Å²) in [6.07, 6.45) is 0. The molecule has 3 rings (SSSR count). The molecule has 2 N–H and O–H groups in total. The van der Waals surface area contributed by atoms with Crippen molar-refractivity contribution in [2.24, 2.45) is 4.99 Å². The van der Waals surface area contributed by atoms with Crippen LogP contribution in [0.4, 0.5) is 0 Å². The number of rotatable bonds is 5. The predicted molar refractivity (Wildman–Crippen MR) is 106 cm³/mol. The third-order valence-electron chi connectivity index (χ3n) is 4.39. The first-order valence-corrected chi connectivity index (χ1v) is 8.67. The number of benzene rings is 2. The predicted octanol–water partition coefficient (Wildman–Crippen LogP) is 2.86. The van der Waals surface area contributed by atoms with Crippen LogP contribution in [0.3, 0.4) is 0 Å². The minimum atomic E-state index is -0.658. The van der Waals surface area contributed by atoms with E-state index in [2.05, 4.69) is 9.98 Å². The summed E-state index contributed by atoms with van der Waals surface area (Å²) in [7, 11) is 0. The van der Waals surface area contributed by atoms with Gasteiger partial charge in [-0.05, 0) is 25.0 Å². The molecule has 0 spiro atoms. The van der Waals surface area contributed by atoms with E-state index in [0.717, 1.165) is 15.7 Å². The Labute approximate surface area is 156 Å². The van der Waals surface area contributed by atoms with Crippen molar-refractivity contribution in [3.63, 3.8) is 0 Å². The van der Waals surface area contributed by atoms with E-state index in [1.807, 2.05) is 67.6 Å². The molecule has 0 unspecified atom stereocenters. The van der Waals surface area contributed by atoms with Crippen molar-refractivity contribution in [2.75, 3.05) is 0 Å². The van der Waals surface area contributed by atoms with E-state index in [1.54, 1.807) is 6.92 Å². The van der Waals surface area contributed by atoms with Crippen LogP contribution < -0.4 is 11.2 Å². The number of aromatic hydroxyl groups is 1. The smallest absolute Gasteiger partial charge is 0.331 e. The molecule has 1 aromatic heterocycles. The Morgan fingerprint density at radius 3 is 2.30 bits per heavy atom. The average Bonchev–Trinajstić information content (AvgIpc) is 2.66. The van der Waals surface area contributed by atoms with Gasteiger partial charge >= 0.3 is 5.69 Å². The quantitative estimate of drug-likeness (QED) is 0.683. The second-order valence-electron chi connectivity index (χ2n) is 6.33. The monoisotopic (exact) mass is 363 g/mol. The van der Waals surface area contributed by atoms with E-state index < -0.39 is 11.2 Å². The maximum atomic E-state index is 12.3. The minimum Gasteiger partial charge on any atom is -0.494 e. The second-order valence-corrected chi connectivity index (χ2v) is 6.33. The van der Waals surface area contributed by atoms with E-state index >= 15 is 0 Å². The molecule has 1 heterocycles. The molecule has 3 aromatic rings. The maximum absolute atomic E-state index is 12.3. The maximum Gasteiger partial charge on any atom is 0.331 e. The summed E-state index contributed by atoms with van der Waals surface area (Å²) in [5.41, 5.74) is 0.892. The molecule has 0 fully saturated rings. The van der Waals surface area contributed by atoms with E-state index in [9.17, 15) is 14.7 Å². The van der Waals surface area contributed by atoms with Crippen LogP contribution in [0.25, 0.3) is 0 Å². The van der Waals surface area contributed by atoms with E-state index in [1.165, 1.54) is 0 Å². The molecule has 0 bridgehead atoms. The normalized spacial score (nSPS) is 12.7. The average molecular weight is 363 g/mol. The number of hydrogen-bond acceptors (Lipinski definition) is 4. The first-order chi connectivity index (χ1) is 13.0. The summed E-state index contributed by atoms with van der Waals surface area (Å²) in [6, 6.07) is 18.7. The highest BCUT2D eigenvalue weighted by Crippen LogP contribution is 2.19. The van der Waals surface area contributed by atoms with Crippen LogP contribution in [-0.4, -0.2) is 20.4 Å². The standard InChI is InChI=1S/C21H21N3O3/c1-14(17-11-7-4-8-12-17)22-15(2)18-19(25)23-21(27)24(20(18)26)13-16-9-5-3-6-10-16/h3-12,14,26H,13H2,1-2H3,(H,23,25,27)/t14-/m1/s1. The van der Waals surface area contributed by atoms with Gasteiger partial charge in [0.25, 0.3) is 5.56 Å². The Balaban J connectivity index is 2.02. The van der Waals surface area contributed by atoms with Crippen LogP contribution in [0.1, 0.15) is 36.6 Å². The van der Waals surface area contributed by atoms with Gasteiger partial charge in [0.15, 0.2) is 0 Å². The summed E-state index contributed by atoms with van der Waals surface area (Å²) in [4.78, 5) is 31.3. The lowest BCUT2D eigenvalue weighted by atomic mass is 10.1. The van der Waals surface area contributed by atoms with Gasteiger partial charge in [0.05, 0.1) is 18.3 Å². The van der Waals surface area contributed by atoms with Gasteiger partial charge in [0.2, 0.25) is 5.88 Å². The van der Waals surface area contributed by atoms with Crippen molar-refractivity contribution in [2.45, 2.75) is 26.4 Å². The van der Waals surface area contributed by atoms with Gasteiger partial charge in [-0.15, -0.1) is 0 Å². The number of nitrogens with zero attached hydrogens (tertiary/aromatic N) is 2. The Hall–Kier alpha value is -3.41. The van der Waals surface area contributed by atoms with Crippen molar-refractivity contribution < 1.29 is 5.11 Å². The number of aromatic amines is 1. The van der Waals surface area contributed by atoms with Gasteiger partial charge in [-0.1, -0.05) is 60.7 Å². The third kappa shape index (κ3) is 4.06.